The second-order valence-corrected chi connectivity index (χ2v) is 5.05. The molecule has 2 rings (SSSR count). The fourth-order valence-electron chi connectivity index (χ4n) is 1.75. The molecule has 4 heteroatoms. The average Bonchev–Trinajstić information content (AvgIpc) is 2.45. The van der Waals surface area contributed by atoms with Gasteiger partial charge in [-0.25, -0.2) is 0 Å². The molecule has 1 aromatic heterocycles. The largest absolute Gasteiger partial charge is 0.493 e. The van der Waals surface area contributed by atoms with E-state index in [1.165, 1.54) is 5.56 Å². The van der Waals surface area contributed by atoms with Gasteiger partial charge >= 0.3 is 0 Å². The Morgan fingerprint density at radius 2 is 1.95 bits per heavy atom. The van der Waals surface area contributed by atoms with Gasteiger partial charge in [0.05, 0.1) is 7.11 Å². The molecule has 0 N–H and O–H groups in total. The van der Waals surface area contributed by atoms with E-state index in [1.807, 2.05) is 18.2 Å². The Kier molecular flexibility index (Phi) is 4.80. The lowest BCUT2D eigenvalue weighted by Crippen LogP contribution is -1.99. The smallest absolute Gasteiger partial charge is 0.161 e. The molecule has 1 aromatic carbocycles. The van der Waals surface area contributed by atoms with Gasteiger partial charge in [-0.1, -0.05) is 13.0 Å². The third kappa shape index (κ3) is 3.70. The van der Waals surface area contributed by atoms with Crippen molar-refractivity contribution in [3.05, 3.63) is 52.3 Å². The van der Waals surface area contributed by atoms with E-state index in [9.17, 15) is 0 Å². The molecule has 0 amide bonds. The molecule has 0 atom stereocenters. The van der Waals surface area contributed by atoms with E-state index < -0.39 is 0 Å². The minimum absolute atomic E-state index is 0.467. The number of rotatable bonds is 5. The molecule has 100 valence electrons. The van der Waals surface area contributed by atoms with Gasteiger partial charge in [-0.15, -0.1) is 0 Å². The van der Waals surface area contributed by atoms with Crippen LogP contribution in [0.4, 0.5) is 0 Å². The number of pyridine rings is 1. The number of aryl methyl sites for hydroxylation is 1. The molecule has 2 aromatic rings. The Hall–Kier alpha value is -1.55. The molecule has 0 saturated carbocycles. The van der Waals surface area contributed by atoms with Crippen molar-refractivity contribution < 1.29 is 9.47 Å². The van der Waals surface area contributed by atoms with E-state index in [4.69, 9.17) is 9.47 Å². The van der Waals surface area contributed by atoms with Crippen LogP contribution in [0.2, 0.25) is 0 Å². The Labute approximate surface area is 121 Å². The maximum Gasteiger partial charge on any atom is 0.161 e. The summed E-state index contributed by atoms with van der Waals surface area (Å²) in [5.74, 6) is 1.52. The summed E-state index contributed by atoms with van der Waals surface area (Å²) in [4.78, 5) is 4.11. The Morgan fingerprint density at radius 1 is 1.11 bits per heavy atom. The van der Waals surface area contributed by atoms with E-state index in [1.54, 1.807) is 19.5 Å². The molecule has 0 radical (unpaired) electrons. The van der Waals surface area contributed by atoms with Crippen LogP contribution < -0.4 is 9.47 Å². The maximum absolute atomic E-state index is 5.78. The third-order valence-corrected chi connectivity index (χ3v) is 3.23. The zero-order valence-corrected chi connectivity index (χ0v) is 12.6. The van der Waals surface area contributed by atoms with Gasteiger partial charge in [0.1, 0.15) is 6.61 Å². The van der Waals surface area contributed by atoms with Crippen molar-refractivity contribution in [2.75, 3.05) is 7.11 Å². The maximum atomic E-state index is 5.78. The summed E-state index contributed by atoms with van der Waals surface area (Å²) in [6, 6.07) is 7.99. The van der Waals surface area contributed by atoms with Gasteiger partial charge in [0.25, 0.3) is 0 Å². The highest BCUT2D eigenvalue weighted by atomic mass is 79.9. The molecule has 0 unspecified atom stereocenters. The van der Waals surface area contributed by atoms with Gasteiger partial charge in [-0.3, -0.25) is 4.98 Å². The molecule has 0 aliphatic rings. The van der Waals surface area contributed by atoms with E-state index >= 15 is 0 Å². The number of nitrogens with zero attached hydrogens (tertiary/aromatic N) is 1. The van der Waals surface area contributed by atoms with Crippen molar-refractivity contribution in [2.24, 2.45) is 0 Å². The molecule has 0 fully saturated rings. The Balaban J connectivity index is 2.11. The molecule has 0 aliphatic heterocycles. The second kappa shape index (κ2) is 6.57. The molecular formula is C15H16BrNO2. The van der Waals surface area contributed by atoms with Crippen LogP contribution in [0.15, 0.2) is 41.1 Å². The molecule has 1 heterocycles. The molecule has 0 aliphatic carbocycles. The molecular weight excluding hydrogens is 306 g/mol. The molecule has 3 nitrogen and oxygen atoms in total. The van der Waals surface area contributed by atoms with Gasteiger partial charge in [0.2, 0.25) is 0 Å². The number of hydrogen-bond donors (Lipinski definition) is 0. The van der Waals surface area contributed by atoms with Crippen LogP contribution >= 0.6 is 15.9 Å². The topological polar surface area (TPSA) is 31.4 Å². The lowest BCUT2D eigenvalue weighted by Gasteiger charge is -2.11. The second-order valence-electron chi connectivity index (χ2n) is 4.14. The number of ether oxygens (including phenoxy) is 2. The van der Waals surface area contributed by atoms with E-state index in [0.29, 0.717) is 6.61 Å². The van der Waals surface area contributed by atoms with Crippen LogP contribution in [0.5, 0.6) is 11.5 Å². The highest BCUT2D eigenvalue weighted by Gasteiger charge is 2.06. The van der Waals surface area contributed by atoms with Gasteiger partial charge < -0.3 is 9.47 Å². The van der Waals surface area contributed by atoms with E-state index in [-0.39, 0.29) is 0 Å². The predicted molar refractivity (Wildman–Crippen MR) is 78.6 cm³/mol. The Bertz CT molecular complexity index is 558. The zero-order chi connectivity index (χ0) is 13.7. The SMILES string of the molecule is CCc1ccc(OCc2cncc(Br)c2)c(OC)c1. The minimum Gasteiger partial charge on any atom is -0.493 e. The lowest BCUT2D eigenvalue weighted by molar-refractivity contribution is 0.284. The summed E-state index contributed by atoms with van der Waals surface area (Å²) < 4.78 is 12.1. The lowest BCUT2D eigenvalue weighted by atomic mass is 10.1. The quantitative estimate of drug-likeness (QED) is 0.834. The summed E-state index contributed by atoms with van der Waals surface area (Å²) in [5, 5.41) is 0. The minimum atomic E-state index is 0.467. The van der Waals surface area contributed by atoms with E-state index in [0.717, 1.165) is 28.0 Å². The summed E-state index contributed by atoms with van der Waals surface area (Å²) in [6.45, 7) is 2.58. The van der Waals surface area contributed by atoms with Crippen LogP contribution in [0.25, 0.3) is 0 Å². The Morgan fingerprint density at radius 3 is 2.63 bits per heavy atom. The first kappa shape index (κ1) is 13.9. The summed E-state index contributed by atoms with van der Waals surface area (Å²) in [7, 11) is 1.66. The number of benzene rings is 1. The van der Waals surface area contributed by atoms with Crippen LogP contribution in [0, 0.1) is 0 Å². The molecule has 0 bridgehead atoms. The standard InChI is InChI=1S/C15H16BrNO2/c1-3-11-4-5-14(15(7-11)18-2)19-10-12-6-13(16)9-17-8-12/h4-9H,3,10H2,1-2H3. The van der Waals surface area contributed by atoms with Crippen LogP contribution in [-0.4, -0.2) is 12.1 Å². The molecule has 0 spiro atoms. The van der Waals surface area contributed by atoms with Crippen LogP contribution in [0.1, 0.15) is 18.1 Å². The molecule has 19 heavy (non-hydrogen) atoms. The van der Waals surface area contributed by atoms with Crippen molar-refractivity contribution in [1.82, 2.24) is 4.98 Å². The number of hydrogen-bond acceptors (Lipinski definition) is 3. The monoisotopic (exact) mass is 321 g/mol. The predicted octanol–water partition coefficient (Wildman–Crippen LogP) is 3.99. The first-order valence-electron chi connectivity index (χ1n) is 6.12. The fourth-order valence-corrected chi connectivity index (χ4v) is 2.16. The van der Waals surface area contributed by atoms with Gasteiger partial charge in [0.15, 0.2) is 11.5 Å². The highest BCUT2D eigenvalue weighted by molar-refractivity contribution is 9.10. The van der Waals surface area contributed by atoms with Crippen molar-refractivity contribution in [3.8, 4) is 11.5 Å². The number of aromatic nitrogens is 1. The zero-order valence-electron chi connectivity index (χ0n) is 11.0. The summed E-state index contributed by atoms with van der Waals surface area (Å²) in [5.41, 5.74) is 2.24. The van der Waals surface area contributed by atoms with Crippen LogP contribution in [-0.2, 0) is 13.0 Å². The van der Waals surface area contributed by atoms with Gasteiger partial charge in [0, 0.05) is 22.4 Å². The normalized spacial score (nSPS) is 10.3. The first-order valence-corrected chi connectivity index (χ1v) is 6.91. The summed E-state index contributed by atoms with van der Waals surface area (Å²) in [6.07, 6.45) is 4.52. The van der Waals surface area contributed by atoms with Gasteiger partial charge in [-0.2, -0.15) is 0 Å². The van der Waals surface area contributed by atoms with Crippen molar-refractivity contribution in [3.63, 3.8) is 0 Å². The highest BCUT2D eigenvalue weighted by Crippen LogP contribution is 2.29. The first-order chi connectivity index (χ1) is 9.22. The number of methoxy groups -OCH3 is 1. The number of halogens is 1. The average molecular weight is 322 g/mol. The van der Waals surface area contributed by atoms with E-state index in [2.05, 4.69) is 33.9 Å². The van der Waals surface area contributed by atoms with Crippen molar-refractivity contribution >= 4 is 15.9 Å². The van der Waals surface area contributed by atoms with Crippen LogP contribution in [0.3, 0.4) is 0 Å². The fraction of sp³-hybridized carbons (Fsp3) is 0.267. The van der Waals surface area contributed by atoms with Crippen molar-refractivity contribution in [1.29, 1.82) is 0 Å². The van der Waals surface area contributed by atoms with Crippen molar-refractivity contribution in [2.45, 2.75) is 20.0 Å². The molecule has 0 saturated heterocycles. The van der Waals surface area contributed by atoms with Gasteiger partial charge in [-0.05, 0) is 46.1 Å². The summed E-state index contributed by atoms with van der Waals surface area (Å²) >= 11 is 3.39. The third-order valence-electron chi connectivity index (χ3n) is 2.79.